The lowest BCUT2D eigenvalue weighted by Gasteiger charge is -2.15. The molecule has 0 aliphatic carbocycles. The fraction of sp³-hybridized carbons (Fsp3) is 0.174. The molecule has 2 aromatic carbocycles. The molecule has 0 radical (unpaired) electrons. The number of pyridine rings is 1. The maximum atomic E-state index is 13.1. The molecule has 1 heterocycles. The van der Waals surface area contributed by atoms with Crippen molar-refractivity contribution in [3.05, 3.63) is 75.9 Å². The molecule has 11 heteroatoms. The van der Waals surface area contributed by atoms with Crippen molar-refractivity contribution in [3.63, 3.8) is 0 Å². The lowest BCUT2D eigenvalue weighted by Crippen LogP contribution is -2.19. The Balaban J connectivity index is 1.87. The Morgan fingerprint density at radius 1 is 1.00 bits per heavy atom. The van der Waals surface area contributed by atoms with Gasteiger partial charge in [-0.05, 0) is 61.5 Å². The van der Waals surface area contributed by atoms with E-state index in [0.717, 1.165) is 0 Å². The van der Waals surface area contributed by atoms with Crippen LogP contribution in [0.1, 0.15) is 27.1 Å². The summed E-state index contributed by atoms with van der Waals surface area (Å²) in [6, 6.07) is 12.3. The summed E-state index contributed by atoms with van der Waals surface area (Å²) in [7, 11) is -1.26. The van der Waals surface area contributed by atoms with Crippen molar-refractivity contribution in [2.75, 3.05) is 30.0 Å². The van der Waals surface area contributed by atoms with Crippen LogP contribution in [0.25, 0.3) is 0 Å². The van der Waals surface area contributed by atoms with E-state index in [9.17, 15) is 13.8 Å². The van der Waals surface area contributed by atoms with Crippen molar-refractivity contribution in [2.45, 2.75) is 11.3 Å². The van der Waals surface area contributed by atoms with Crippen LogP contribution in [0.3, 0.4) is 0 Å². The second-order valence-electron chi connectivity index (χ2n) is 7.06. The van der Waals surface area contributed by atoms with Crippen molar-refractivity contribution in [2.24, 2.45) is 5.73 Å². The number of hydrogen-bond acceptors (Lipinski definition) is 6. The highest BCUT2D eigenvalue weighted by Crippen LogP contribution is 2.26. The molecule has 0 spiro atoms. The first-order valence-electron chi connectivity index (χ1n) is 10.1. The number of nitrogens with two attached hydrogens (primary N) is 1. The zero-order chi connectivity index (χ0) is 24.7. The van der Waals surface area contributed by atoms with Crippen molar-refractivity contribution < 1.29 is 18.5 Å². The normalized spacial score (nSPS) is 11.5. The van der Waals surface area contributed by atoms with Crippen molar-refractivity contribution in [3.8, 4) is 5.75 Å². The minimum absolute atomic E-state index is 0.134. The van der Waals surface area contributed by atoms with Crippen molar-refractivity contribution in [1.29, 1.82) is 0 Å². The smallest absolute Gasteiger partial charge is 0.259 e. The first kappa shape index (κ1) is 25.6. The Morgan fingerprint density at radius 3 is 2.41 bits per heavy atom. The van der Waals surface area contributed by atoms with Gasteiger partial charge in [0.2, 0.25) is 0 Å². The number of hydrogen-bond donors (Lipinski definition) is 3. The van der Waals surface area contributed by atoms with E-state index in [1.165, 1.54) is 30.7 Å². The van der Waals surface area contributed by atoms with Gasteiger partial charge in [-0.15, -0.1) is 0 Å². The monoisotopic (exact) mass is 520 g/mol. The number of ether oxygens (including phenoxy) is 1. The standard InChI is InChI=1S/C23H22Cl2N4O4S/c1-34(32)16-5-6-17(20(12-16)33-10-2-9-26)22(30)28-19-7-3-14(24)11-18(19)23(31)29-21-8-4-15(25)13-27-21/h3-8,11-13H,2,9-10,26H2,1H3,(H,28,30)(H,27,29,31)/t34-/m1/s1. The largest absolute Gasteiger partial charge is 0.493 e. The maximum absolute atomic E-state index is 13.1. The quantitative estimate of drug-likeness (QED) is 0.360. The van der Waals surface area contributed by atoms with E-state index in [0.29, 0.717) is 34.5 Å². The summed E-state index contributed by atoms with van der Waals surface area (Å²) in [5.41, 5.74) is 6.10. The van der Waals surface area contributed by atoms with Gasteiger partial charge in [-0.25, -0.2) is 4.98 Å². The summed E-state index contributed by atoms with van der Waals surface area (Å²) in [4.78, 5) is 30.6. The molecule has 34 heavy (non-hydrogen) atoms. The Bertz CT molecular complexity index is 1220. The third-order valence-corrected chi connectivity index (χ3v) is 5.96. The van der Waals surface area contributed by atoms with E-state index in [4.69, 9.17) is 33.7 Å². The third kappa shape index (κ3) is 6.77. The predicted octanol–water partition coefficient (Wildman–Crippen LogP) is 4.36. The second-order valence-corrected chi connectivity index (χ2v) is 9.32. The van der Waals surface area contributed by atoms with Gasteiger partial charge in [0.25, 0.3) is 11.8 Å². The van der Waals surface area contributed by atoms with E-state index < -0.39 is 22.6 Å². The van der Waals surface area contributed by atoms with Crippen LogP contribution in [-0.4, -0.2) is 40.4 Å². The molecule has 2 amide bonds. The number of carbonyl (C=O) groups is 2. The number of carbonyl (C=O) groups excluding carboxylic acids is 2. The van der Waals surface area contributed by atoms with Gasteiger partial charge in [0.05, 0.1) is 28.4 Å². The zero-order valence-corrected chi connectivity index (χ0v) is 20.5. The fourth-order valence-electron chi connectivity index (χ4n) is 2.89. The number of nitrogens with one attached hydrogen (secondary N) is 2. The summed E-state index contributed by atoms with van der Waals surface area (Å²) in [6.45, 7) is 0.714. The molecule has 0 aliphatic rings. The SMILES string of the molecule is C[S@@](=O)c1ccc(C(=O)Nc2ccc(Cl)cc2C(=O)Nc2ccc(Cl)cn2)c(OCCCN)c1. The third-order valence-electron chi connectivity index (χ3n) is 4.58. The molecular weight excluding hydrogens is 499 g/mol. The first-order chi connectivity index (χ1) is 16.3. The molecule has 3 aromatic rings. The van der Waals surface area contributed by atoms with Gasteiger partial charge in [0, 0.05) is 33.2 Å². The van der Waals surface area contributed by atoms with E-state index in [1.54, 1.807) is 30.3 Å². The molecule has 0 fully saturated rings. The van der Waals surface area contributed by atoms with Gasteiger partial charge in [0.15, 0.2) is 0 Å². The highest BCUT2D eigenvalue weighted by molar-refractivity contribution is 7.84. The molecule has 0 saturated carbocycles. The molecule has 4 N–H and O–H groups in total. The summed E-state index contributed by atoms with van der Waals surface area (Å²) in [6.07, 6.45) is 3.52. The Kier molecular flexibility index (Phi) is 9.00. The predicted molar refractivity (Wildman–Crippen MR) is 135 cm³/mol. The zero-order valence-electron chi connectivity index (χ0n) is 18.1. The molecule has 178 valence electrons. The van der Waals surface area contributed by atoms with E-state index >= 15 is 0 Å². The molecule has 1 aromatic heterocycles. The lowest BCUT2D eigenvalue weighted by molar-refractivity contribution is 0.102. The molecule has 1 atom stereocenters. The van der Waals surface area contributed by atoms with E-state index in [2.05, 4.69) is 15.6 Å². The van der Waals surface area contributed by atoms with Crippen LogP contribution in [-0.2, 0) is 10.8 Å². The molecule has 0 unspecified atom stereocenters. The fourth-order valence-corrected chi connectivity index (χ4v) is 3.71. The van der Waals surface area contributed by atoms with Crippen LogP contribution in [0.5, 0.6) is 5.75 Å². The Labute approximate surface area is 209 Å². The minimum atomic E-state index is -1.26. The van der Waals surface area contributed by atoms with Gasteiger partial charge in [-0.3, -0.25) is 13.8 Å². The van der Waals surface area contributed by atoms with E-state index in [-0.39, 0.29) is 28.4 Å². The Hall–Kier alpha value is -2.98. The molecular formula is C23H22Cl2N4O4S. The van der Waals surface area contributed by atoms with Gasteiger partial charge >= 0.3 is 0 Å². The number of halogens is 2. The van der Waals surface area contributed by atoms with Crippen molar-refractivity contribution in [1.82, 2.24) is 4.98 Å². The number of aromatic nitrogens is 1. The second kappa shape index (κ2) is 11.9. The summed E-state index contributed by atoms with van der Waals surface area (Å²) >= 11 is 11.9. The number of benzene rings is 2. The lowest BCUT2D eigenvalue weighted by atomic mass is 10.1. The average Bonchev–Trinajstić information content (AvgIpc) is 2.81. The number of rotatable bonds is 9. The van der Waals surface area contributed by atoms with E-state index in [1.807, 2.05) is 0 Å². The average molecular weight is 521 g/mol. The molecule has 0 bridgehead atoms. The first-order valence-corrected chi connectivity index (χ1v) is 12.4. The summed E-state index contributed by atoms with van der Waals surface area (Å²) < 4.78 is 17.6. The molecule has 0 saturated heterocycles. The minimum Gasteiger partial charge on any atom is -0.493 e. The van der Waals surface area contributed by atoms with Crippen LogP contribution in [0, 0.1) is 0 Å². The molecule has 8 nitrogen and oxygen atoms in total. The maximum Gasteiger partial charge on any atom is 0.259 e. The van der Waals surface area contributed by atoms with Gasteiger partial charge in [-0.2, -0.15) is 0 Å². The molecule has 3 rings (SSSR count). The summed E-state index contributed by atoms with van der Waals surface area (Å²) in [5, 5.41) is 6.11. The number of nitrogens with zero attached hydrogens (tertiary/aromatic N) is 1. The summed E-state index contributed by atoms with van der Waals surface area (Å²) in [5.74, 6) is -0.490. The van der Waals surface area contributed by atoms with Crippen LogP contribution in [0.15, 0.2) is 59.6 Å². The highest BCUT2D eigenvalue weighted by Gasteiger charge is 2.19. The van der Waals surface area contributed by atoms with Gasteiger partial charge < -0.3 is 21.1 Å². The van der Waals surface area contributed by atoms with Gasteiger partial charge in [0.1, 0.15) is 11.6 Å². The topological polar surface area (TPSA) is 123 Å². The van der Waals surface area contributed by atoms with Crippen LogP contribution < -0.4 is 21.1 Å². The highest BCUT2D eigenvalue weighted by atomic mass is 35.5. The van der Waals surface area contributed by atoms with Crippen LogP contribution >= 0.6 is 23.2 Å². The van der Waals surface area contributed by atoms with Crippen molar-refractivity contribution >= 4 is 57.3 Å². The Morgan fingerprint density at radius 2 is 1.74 bits per heavy atom. The number of anilines is 2. The molecule has 0 aliphatic heterocycles. The van der Waals surface area contributed by atoms with Crippen LogP contribution in [0.2, 0.25) is 10.0 Å². The number of amides is 2. The van der Waals surface area contributed by atoms with Crippen LogP contribution in [0.4, 0.5) is 11.5 Å². The van der Waals surface area contributed by atoms with Gasteiger partial charge in [-0.1, -0.05) is 23.2 Å².